The zero-order chi connectivity index (χ0) is 18.6. The summed E-state index contributed by atoms with van der Waals surface area (Å²) >= 11 is 0. The Labute approximate surface area is 158 Å². The molecule has 2 N–H and O–H groups in total. The van der Waals surface area contributed by atoms with E-state index in [0.29, 0.717) is 13.0 Å². The summed E-state index contributed by atoms with van der Waals surface area (Å²) in [5.74, 6) is -0.348. The third-order valence-electron chi connectivity index (χ3n) is 7.93. The van der Waals surface area contributed by atoms with E-state index in [0.717, 1.165) is 17.8 Å². The van der Waals surface area contributed by atoms with E-state index in [2.05, 4.69) is 35.4 Å². The minimum atomic E-state index is -1.11. The third kappa shape index (κ3) is 1.48. The normalized spacial score (nSPS) is 48.6. The molecule has 1 saturated carbocycles. The first-order valence-corrected chi connectivity index (χ1v) is 9.73. The highest BCUT2D eigenvalue weighted by atomic mass is 16.6. The lowest BCUT2D eigenvalue weighted by molar-refractivity contribution is -0.172. The summed E-state index contributed by atoms with van der Waals surface area (Å²) in [6.07, 6.45) is 4.28. The molecule has 5 aliphatic rings. The molecule has 6 heteroatoms. The van der Waals surface area contributed by atoms with Crippen molar-refractivity contribution >= 4 is 11.7 Å². The standard InChI is InChI=1S/C21H24N2O4/c1-12-19-8-5-9-23-10-15(24)21(17(19)23)13-6-3-4-7-14(13)22-16(21)20(11-19,27-12)18(25)26-2/h3-8,12,15-17,22,24H,9-11H2,1-2H3/t12-,15-,16-,17+,19+,20+,21+/m1/s1. The highest BCUT2D eigenvalue weighted by Gasteiger charge is 2.82. The van der Waals surface area contributed by atoms with Crippen molar-refractivity contribution in [3.8, 4) is 0 Å². The fraction of sp³-hybridized carbons (Fsp3) is 0.571. The Morgan fingerprint density at radius 2 is 2.22 bits per heavy atom. The summed E-state index contributed by atoms with van der Waals surface area (Å²) < 4.78 is 11.8. The number of methoxy groups -OCH3 is 1. The van der Waals surface area contributed by atoms with Crippen molar-refractivity contribution in [3.05, 3.63) is 42.0 Å². The monoisotopic (exact) mass is 368 g/mol. The molecule has 0 radical (unpaired) electrons. The number of fused-ring (bicyclic) bond motifs is 3. The lowest BCUT2D eigenvalue weighted by Crippen LogP contribution is -2.72. The number of hydrogen-bond donors (Lipinski definition) is 2. The maximum absolute atomic E-state index is 13.1. The number of aliphatic hydroxyl groups is 1. The van der Waals surface area contributed by atoms with Crippen LogP contribution >= 0.6 is 0 Å². The Bertz CT molecular complexity index is 887. The number of para-hydroxylation sites is 1. The molecule has 0 unspecified atom stereocenters. The molecule has 6 rings (SSSR count). The number of benzene rings is 1. The molecule has 4 aliphatic heterocycles. The van der Waals surface area contributed by atoms with E-state index in [1.54, 1.807) is 0 Å². The van der Waals surface area contributed by atoms with Crippen LogP contribution in [0.1, 0.15) is 18.9 Å². The van der Waals surface area contributed by atoms with E-state index in [1.807, 2.05) is 18.2 Å². The Balaban J connectivity index is 1.70. The summed E-state index contributed by atoms with van der Waals surface area (Å²) in [6, 6.07) is 7.87. The van der Waals surface area contributed by atoms with Crippen LogP contribution in [0.4, 0.5) is 5.69 Å². The predicted molar refractivity (Wildman–Crippen MR) is 98.4 cm³/mol. The van der Waals surface area contributed by atoms with E-state index >= 15 is 0 Å². The number of ether oxygens (including phenoxy) is 2. The lowest BCUT2D eigenvalue weighted by Gasteiger charge is -2.56. The van der Waals surface area contributed by atoms with Crippen molar-refractivity contribution in [1.82, 2.24) is 4.90 Å². The smallest absolute Gasteiger partial charge is 0.340 e. The maximum Gasteiger partial charge on any atom is 0.340 e. The number of carbonyl (C=O) groups excluding carboxylic acids is 1. The Morgan fingerprint density at radius 1 is 1.41 bits per heavy atom. The molecule has 4 heterocycles. The number of rotatable bonds is 1. The van der Waals surface area contributed by atoms with Gasteiger partial charge in [-0.1, -0.05) is 30.4 Å². The largest absolute Gasteiger partial charge is 0.467 e. The van der Waals surface area contributed by atoms with Gasteiger partial charge in [-0.15, -0.1) is 0 Å². The molecule has 6 nitrogen and oxygen atoms in total. The van der Waals surface area contributed by atoms with Crippen LogP contribution in [0.2, 0.25) is 0 Å². The first kappa shape index (κ1) is 16.1. The Kier molecular flexibility index (Phi) is 2.83. The molecule has 1 aromatic carbocycles. The molecule has 2 bridgehead atoms. The zero-order valence-corrected chi connectivity index (χ0v) is 15.5. The van der Waals surface area contributed by atoms with Crippen LogP contribution in [0.5, 0.6) is 0 Å². The van der Waals surface area contributed by atoms with Gasteiger partial charge in [-0.2, -0.15) is 0 Å². The van der Waals surface area contributed by atoms with Crippen molar-refractivity contribution < 1.29 is 19.4 Å². The SMILES string of the molecule is COC(=O)[C@]12C[C@@]3(C=CCN4C[C@@H](O)[C@]5(c6ccccc6N[C@@H]51)[C@@H]43)[C@@H](C)O2. The summed E-state index contributed by atoms with van der Waals surface area (Å²) in [6.45, 7) is 3.48. The molecular weight excluding hydrogens is 344 g/mol. The highest BCUT2D eigenvalue weighted by molar-refractivity contribution is 5.86. The maximum atomic E-state index is 13.1. The van der Waals surface area contributed by atoms with Crippen molar-refractivity contribution in [2.45, 2.75) is 48.7 Å². The van der Waals surface area contributed by atoms with Gasteiger partial charge in [-0.05, 0) is 18.6 Å². The summed E-state index contributed by atoms with van der Waals surface area (Å²) in [5, 5.41) is 15.1. The number of aliphatic hydroxyl groups excluding tert-OH is 1. The Hall–Kier alpha value is -1.89. The summed E-state index contributed by atoms with van der Waals surface area (Å²) in [4.78, 5) is 15.5. The van der Waals surface area contributed by atoms with Crippen molar-refractivity contribution in [1.29, 1.82) is 0 Å². The fourth-order valence-electron chi connectivity index (χ4n) is 7.18. The summed E-state index contributed by atoms with van der Waals surface area (Å²) in [5.41, 5.74) is 0.0565. The molecule has 1 aromatic rings. The molecule has 1 aliphatic carbocycles. The number of carbonyl (C=O) groups is 1. The molecule has 2 spiro atoms. The van der Waals surface area contributed by atoms with Gasteiger partial charge in [0.25, 0.3) is 0 Å². The molecule has 7 atom stereocenters. The minimum Gasteiger partial charge on any atom is -0.467 e. The second-order valence-corrected chi connectivity index (χ2v) is 8.76. The van der Waals surface area contributed by atoms with Crippen molar-refractivity contribution in [2.24, 2.45) is 5.41 Å². The Morgan fingerprint density at radius 3 is 3.04 bits per heavy atom. The number of anilines is 1. The van der Waals surface area contributed by atoms with E-state index < -0.39 is 17.1 Å². The van der Waals surface area contributed by atoms with Gasteiger partial charge in [0, 0.05) is 36.7 Å². The third-order valence-corrected chi connectivity index (χ3v) is 7.93. The first-order chi connectivity index (χ1) is 13.0. The van der Waals surface area contributed by atoms with E-state index in [9.17, 15) is 9.90 Å². The number of hydrogen-bond acceptors (Lipinski definition) is 6. The van der Waals surface area contributed by atoms with Crippen LogP contribution in [0.15, 0.2) is 36.4 Å². The molecule has 0 aromatic heterocycles. The van der Waals surface area contributed by atoms with Gasteiger partial charge in [0.2, 0.25) is 0 Å². The van der Waals surface area contributed by atoms with Gasteiger partial charge in [-0.3, -0.25) is 4.90 Å². The second kappa shape index (κ2) is 4.74. The highest BCUT2D eigenvalue weighted by Crippen LogP contribution is 2.69. The molecule has 27 heavy (non-hydrogen) atoms. The second-order valence-electron chi connectivity index (χ2n) is 8.76. The van der Waals surface area contributed by atoms with Crippen LogP contribution in [-0.4, -0.2) is 66.1 Å². The fourth-order valence-corrected chi connectivity index (χ4v) is 7.18. The van der Waals surface area contributed by atoms with Crippen LogP contribution in [0.3, 0.4) is 0 Å². The number of nitrogens with zero attached hydrogens (tertiary/aromatic N) is 1. The summed E-state index contributed by atoms with van der Waals surface area (Å²) in [7, 11) is 1.42. The van der Waals surface area contributed by atoms with E-state index in [1.165, 1.54) is 7.11 Å². The van der Waals surface area contributed by atoms with E-state index in [4.69, 9.17) is 9.47 Å². The molecule has 0 amide bonds. The minimum absolute atomic E-state index is 0.0847. The molecular formula is C21H24N2O4. The molecule has 2 saturated heterocycles. The number of nitrogens with one attached hydrogen (secondary N) is 1. The average Bonchev–Trinajstić information content (AvgIpc) is 3.26. The van der Waals surface area contributed by atoms with Gasteiger partial charge in [0.05, 0.1) is 30.8 Å². The zero-order valence-electron chi connectivity index (χ0n) is 15.5. The quantitative estimate of drug-likeness (QED) is 0.571. The van der Waals surface area contributed by atoms with Crippen LogP contribution in [0, 0.1) is 5.41 Å². The number of esters is 1. The topological polar surface area (TPSA) is 71.0 Å². The van der Waals surface area contributed by atoms with Crippen molar-refractivity contribution in [3.63, 3.8) is 0 Å². The van der Waals surface area contributed by atoms with Gasteiger partial charge in [0.15, 0.2) is 5.60 Å². The lowest BCUT2D eigenvalue weighted by atomic mass is 9.50. The molecule has 142 valence electrons. The van der Waals surface area contributed by atoms with Gasteiger partial charge < -0.3 is 19.9 Å². The molecule has 3 fully saturated rings. The van der Waals surface area contributed by atoms with Gasteiger partial charge in [-0.25, -0.2) is 4.79 Å². The predicted octanol–water partition coefficient (Wildman–Crippen LogP) is 1.05. The van der Waals surface area contributed by atoms with Crippen LogP contribution in [-0.2, 0) is 19.7 Å². The van der Waals surface area contributed by atoms with Gasteiger partial charge >= 0.3 is 5.97 Å². The van der Waals surface area contributed by atoms with Crippen LogP contribution < -0.4 is 5.32 Å². The van der Waals surface area contributed by atoms with Crippen molar-refractivity contribution in [2.75, 3.05) is 25.5 Å². The van der Waals surface area contributed by atoms with Crippen LogP contribution in [0.25, 0.3) is 0 Å². The van der Waals surface area contributed by atoms with Gasteiger partial charge in [0.1, 0.15) is 0 Å². The van der Waals surface area contributed by atoms with E-state index in [-0.39, 0.29) is 29.6 Å². The average molecular weight is 368 g/mol. The first-order valence-electron chi connectivity index (χ1n) is 9.73.